The summed E-state index contributed by atoms with van der Waals surface area (Å²) in [5.41, 5.74) is 3.07. The summed E-state index contributed by atoms with van der Waals surface area (Å²) in [5, 5.41) is 0. The van der Waals surface area contributed by atoms with E-state index in [2.05, 4.69) is 29.2 Å². The minimum atomic E-state index is -0.464. The van der Waals surface area contributed by atoms with E-state index in [1.807, 2.05) is 36.4 Å². The number of ether oxygens (including phenoxy) is 1. The van der Waals surface area contributed by atoms with Crippen molar-refractivity contribution in [3.8, 4) is 0 Å². The van der Waals surface area contributed by atoms with Gasteiger partial charge in [0.1, 0.15) is 12.4 Å². The van der Waals surface area contributed by atoms with Gasteiger partial charge in [-0.3, -0.25) is 9.69 Å². The lowest BCUT2D eigenvalue weighted by Gasteiger charge is -2.41. The quantitative estimate of drug-likeness (QED) is 0.782. The molecule has 2 aromatic carbocycles. The molecule has 0 amide bonds. The lowest BCUT2D eigenvalue weighted by Crippen LogP contribution is -2.44. The average molecular weight is 325 g/mol. The second-order valence-corrected chi connectivity index (χ2v) is 5.92. The molecule has 0 saturated carbocycles. The fraction of sp³-hybridized carbons (Fsp3) is 0.250. The van der Waals surface area contributed by atoms with Gasteiger partial charge >= 0.3 is 5.97 Å². The van der Waals surface area contributed by atoms with E-state index in [1.54, 1.807) is 0 Å². The topological polar surface area (TPSA) is 29.5 Å². The van der Waals surface area contributed by atoms with Crippen LogP contribution in [0, 0.1) is 0 Å². The minimum Gasteiger partial charge on any atom is -0.459 e. The van der Waals surface area contributed by atoms with Crippen LogP contribution in [0.3, 0.4) is 0 Å². The number of hydrogen-bond acceptors (Lipinski definition) is 3. The van der Waals surface area contributed by atoms with Gasteiger partial charge < -0.3 is 4.74 Å². The Kier molecular flexibility index (Phi) is 5.06. The van der Waals surface area contributed by atoms with E-state index in [4.69, 9.17) is 4.74 Å². The highest BCUT2D eigenvalue weighted by molar-refractivity contribution is 5.66. The highest BCUT2D eigenvalue weighted by atomic mass is 19.1. The van der Waals surface area contributed by atoms with Gasteiger partial charge in [0, 0.05) is 20.0 Å². The number of benzene rings is 2. The number of carbonyl (C=O) groups excluding carboxylic acids is 1. The maximum atomic E-state index is 14.0. The van der Waals surface area contributed by atoms with Gasteiger partial charge in [-0.1, -0.05) is 60.7 Å². The molecule has 1 saturated heterocycles. The molecule has 0 unspecified atom stereocenters. The van der Waals surface area contributed by atoms with Crippen LogP contribution in [0.4, 0.5) is 4.39 Å². The number of hydrogen-bond donors (Lipinski definition) is 0. The van der Waals surface area contributed by atoms with Crippen molar-refractivity contribution in [2.24, 2.45) is 0 Å². The predicted molar refractivity (Wildman–Crippen MR) is 91.1 cm³/mol. The lowest BCUT2D eigenvalue weighted by molar-refractivity contribution is -0.140. The van der Waals surface area contributed by atoms with E-state index in [0.717, 1.165) is 0 Å². The van der Waals surface area contributed by atoms with Gasteiger partial charge in [-0.05, 0) is 16.7 Å². The van der Waals surface area contributed by atoms with Gasteiger partial charge in [0.25, 0.3) is 0 Å². The SMILES string of the molecule is CC(=O)OCC(F)=C1CN(C(c2ccccc2)c2ccccc2)C1. The Labute approximate surface area is 141 Å². The van der Waals surface area contributed by atoms with E-state index in [-0.39, 0.29) is 18.5 Å². The van der Waals surface area contributed by atoms with E-state index in [0.29, 0.717) is 18.7 Å². The van der Waals surface area contributed by atoms with E-state index < -0.39 is 5.97 Å². The summed E-state index contributed by atoms with van der Waals surface area (Å²) in [6.45, 7) is 2.11. The summed E-state index contributed by atoms with van der Waals surface area (Å²) in [7, 11) is 0. The Morgan fingerprint density at radius 1 is 1.04 bits per heavy atom. The largest absolute Gasteiger partial charge is 0.459 e. The number of rotatable bonds is 5. The zero-order valence-corrected chi connectivity index (χ0v) is 13.6. The molecule has 24 heavy (non-hydrogen) atoms. The third-order valence-electron chi connectivity index (χ3n) is 4.17. The molecule has 0 bridgehead atoms. The Hall–Kier alpha value is -2.46. The van der Waals surface area contributed by atoms with Gasteiger partial charge in [-0.15, -0.1) is 0 Å². The van der Waals surface area contributed by atoms with Crippen LogP contribution in [-0.2, 0) is 9.53 Å². The van der Waals surface area contributed by atoms with Crippen LogP contribution in [0.2, 0.25) is 0 Å². The summed E-state index contributed by atoms with van der Waals surface area (Å²) >= 11 is 0. The zero-order chi connectivity index (χ0) is 16.9. The molecule has 3 nitrogen and oxygen atoms in total. The van der Waals surface area contributed by atoms with Crippen molar-refractivity contribution in [3.63, 3.8) is 0 Å². The highest BCUT2D eigenvalue weighted by Gasteiger charge is 2.32. The molecule has 0 radical (unpaired) electrons. The van der Waals surface area contributed by atoms with Crippen LogP contribution in [0.15, 0.2) is 72.1 Å². The maximum absolute atomic E-state index is 14.0. The molecule has 0 atom stereocenters. The molecule has 0 aromatic heterocycles. The molecule has 1 aliphatic heterocycles. The first-order valence-corrected chi connectivity index (χ1v) is 7.99. The number of carbonyl (C=O) groups is 1. The minimum absolute atomic E-state index is 0.0951. The van der Waals surface area contributed by atoms with Crippen LogP contribution in [0.1, 0.15) is 24.1 Å². The van der Waals surface area contributed by atoms with Crippen LogP contribution in [-0.4, -0.2) is 30.6 Å². The summed E-state index contributed by atoms with van der Waals surface area (Å²) in [4.78, 5) is 13.0. The first-order valence-electron chi connectivity index (χ1n) is 7.99. The summed E-state index contributed by atoms with van der Waals surface area (Å²) in [6, 6.07) is 20.5. The fourth-order valence-electron chi connectivity index (χ4n) is 2.95. The predicted octanol–water partition coefficient (Wildman–Crippen LogP) is 3.88. The number of likely N-dealkylation sites (tertiary alicyclic amines) is 1. The first kappa shape index (κ1) is 16.4. The standard InChI is InChI=1S/C20H20FNO2/c1-15(23)24-14-19(21)18-12-22(13-18)20(16-8-4-2-5-9-16)17-10-6-3-7-11-17/h2-11,20H,12-14H2,1H3. The third-order valence-corrected chi connectivity index (χ3v) is 4.17. The molecule has 4 heteroatoms. The van der Waals surface area contributed by atoms with Gasteiger partial charge in [0.05, 0.1) is 6.04 Å². The normalized spacial score (nSPS) is 14.4. The maximum Gasteiger partial charge on any atom is 0.303 e. The second-order valence-electron chi connectivity index (χ2n) is 5.92. The van der Waals surface area contributed by atoms with Crippen molar-refractivity contribution >= 4 is 5.97 Å². The molecular weight excluding hydrogens is 305 g/mol. The number of esters is 1. The van der Waals surface area contributed by atoms with Crippen LogP contribution in [0.5, 0.6) is 0 Å². The smallest absolute Gasteiger partial charge is 0.303 e. The van der Waals surface area contributed by atoms with Crippen molar-refractivity contribution < 1.29 is 13.9 Å². The highest BCUT2D eigenvalue weighted by Crippen LogP contribution is 2.35. The molecule has 1 fully saturated rings. The Balaban J connectivity index is 1.77. The average Bonchev–Trinajstić information content (AvgIpc) is 2.57. The number of halogens is 1. The Bertz CT molecular complexity index is 680. The molecule has 0 spiro atoms. The molecular formula is C20H20FNO2. The van der Waals surface area contributed by atoms with Crippen LogP contribution < -0.4 is 0 Å². The van der Waals surface area contributed by atoms with Crippen molar-refractivity contribution in [1.29, 1.82) is 0 Å². The van der Waals surface area contributed by atoms with E-state index >= 15 is 0 Å². The Morgan fingerprint density at radius 2 is 1.54 bits per heavy atom. The summed E-state index contributed by atoms with van der Waals surface area (Å²) in [5.74, 6) is -0.797. The second kappa shape index (κ2) is 7.41. The molecule has 1 heterocycles. The van der Waals surface area contributed by atoms with Gasteiger partial charge in [0.15, 0.2) is 0 Å². The van der Waals surface area contributed by atoms with Crippen molar-refractivity contribution in [2.45, 2.75) is 13.0 Å². The van der Waals surface area contributed by atoms with Gasteiger partial charge in [-0.2, -0.15) is 0 Å². The lowest BCUT2D eigenvalue weighted by atomic mass is 9.92. The Morgan fingerprint density at radius 3 is 2.00 bits per heavy atom. The first-order chi connectivity index (χ1) is 11.6. The summed E-state index contributed by atoms with van der Waals surface area (Å²) < 4.78 is 18.8. The van der Waals surface area contributed by atoms with Crippen LogP contribution >= 0.6 is 0 Å². The van der Waals surface area contributed by atoms with Gasteiger partial charge in [-0.25, -0.2) is 4.39 Å². The molecule has 0 aliphatic carbocycles. The van der Waals surface area contributed by atoms with Crippen molar-refractivity contribution in [1.82, 2.24) is 4.90 Å². The van der Waals surface area contributed by atoms with Crippen molar-refractivity contribution in [2.75, 3.05) is 19.7 Å². The molecule has 1 aliphatic rings. The molecule has 124 valence electrons. The van der Waals surface area contributed by atoms with Gasteiger partial charge in [0.2, 0.25) is 0 Å². The van der Waals surface area contributed by atoms with Crippen LogP contribution in [0.25, 0.3) is 0 Å². The zero-order valence-electron chi connectivity index (χ0n) is 13.6. The number of nitrogens with zero attached hydrogens (tertiary/aromatic N) is 1. The molecule has 0 N–H and O–H groups in total. The molecule has 2 aromatic rings. The summed E-state index contributed by atoms with van der Waals surface area (Å²) in [6.07, 6.45) is 0. The monoisotopic (exact) mass is 325 g/mol. The van der Waals surface area contributed by atoms with E-state index in [9.17, 15) is 9.18 Å². The van der Waals surface area contributed by atoms with Crippen molar-refractivity contribution in [3.05, 3.63) is 83.2 Å². The molecule has 3 rings (SSSR count). The fourth-order valence-corrected chi connectivity index (χ4v) is 2.95. The van der Waals surface area contributed by atoms with E-state index in [1.165, 1.54) is 18.1 Å². The third kappa shape index (κ3) is 3.71.